The van der Waals surface area contributed by atoms with Gasteiger partial charge >= 0.3 is 0 Å². The van der Waals surface area contributed by atoms with Crippen LogP contribution in [0.1, 0.15) is 37.8 Å². The fraction of sp³-hybridized carbons (Fsp3) is 0.538. The van der Waals surface area contributed by atoms with E-state index < -0.39 is 0 Å². The van der Waals surface area contributed by atoms with E-state index in [2.05, 4.69) is 4.98 Å². The molecule has 1 aliphatic rings. The molecule has 0 radical (unpaired) electrons. The van der Waals surface area contributed by atoms with Gasteiger partial charge in [0.1, 0.15) is 5.82 Å². The minimum Gasteiger partial charge on any atom is -0.384 e. The highest BCUT2D eigenvalue weighted by atomic mass is 35.5. The van der Waals surface area contributed by atoms with Gasteiger partial charge in [-0.05, 0) is 25.0 Å². The maximum Gasteiger partial charge on any atom is 0.222 e. The second-order valence-electron chi connectivity index (χ2n) is 4.64. The largest absolute Gasteiger partial charge is 0.384 e. The van der Waals surface area contributed by atoms with Crippen LogP contribution in [0, 0.1) is 0 Å². The Hall–Kier alpha value is -1.29. The van der Waals surface area contributed by atoms with Gasteiger partial charge in [-0.15, -0.1) is 0 Å². The van der Waals surface area contributed by atoms with E-state index in [0.717, 1.165) is 25.8 Å². The first-order valence-corrected chi connectivity index (χ1v) is 6.73. The molecule has 4 nitrogen and oxygen atoms in total. The third-order valence-electron chi connectivity index (χ3n) is 3.20. The maximum atomic E-state index is 12.0. The summed E-state index contributed by atoms with van der Waals surface area (Å²) < 4.78 is 0. The van der Waals surface area contributed by atoms with Gasteiger partial charge in [0, 0.05) is 13.0 Å². The molecule has 2 N–H and O–H groups in total. The number of rotatable bonds is 2. The Bertz CT molecular complexity index is 436. The molecule has 2 heterocycles. The third-order valence-corrected chi connectivity index (χ3v) is 3.55. The van der Waals surface area contributed by atoms with Crippen molar-refractivity contribution < 1.29 is 4.79 Å². The lowest BCUT2D eigenvalue weighted by atomic mass is 10.1. The van der Waals surface area contributed by atoms with Gasteiger partial charge in [-0.25, -0.2) is 4.98 Å². The van der Waals surface area contributed by atoms with Gasteiger partial charge < -0.3 is 10.6 Å². The lowest BCUT2D eigenvalue weighted by Crippen LogP contribution is -2.32. The fourth-order valence-electron chi connectivity index (χ4n) is 2.18. The molecule has 1 saturated heterocycles. The van der Waals surface area contributed by atoms with Gasteiger partial charge in [-0.1, -0.05) is 24.4 Å². The Kier molecular flexibility index (Phi) is 4.42. The molecule has 0 unspecified atom stereocenters. The summed E-state index contributed by atoms with van der Waals surface area (Å²) in [7, 11) is 0. The van der Waals surface area contributed by atoms with Crippen LogP contribution in [-0.2, 0) is 11.3 Å². The van der Waals surface area contributed by atoms with Gasteiger partial charge in [0.2, 0.25) is 5.91 Å². The smallest absolute Gasteiger partial charge is 0.222 e. The first-order valence-electron chi connectivity index (χ1n) is 6.35. The molecule has 1 fully saturated rings. The summed E-state index contributed by atoms with van der Waals surface area (Å²) in [5, 5.41) is 0.569. The average Bonchev–Trinajstić information content (AvgIpc) is 2.33. The first-order chi connectivity index (χ1) is 8.66. The molecule has 18 heavy (non-hydrogen) atoms. The van der Waals surface area contributed by atoms with E-state index in [0.29, 0.717) is 29.5 Å². The van der Waals surface area contributed by atoms with Crippen LogP contribution in [-0.4, -0.2) is 22.3 Å². The summed E-state index contributed by atoms with van der Waals surface area (Å²) in [5.74, 6) is 0.629. The number of carbonyl (C=O) groups excluding carboxylic acids is 1. The predicted octanol–water partition coefficient (Wildman–Crippen LogP) is 2.61. The van der Waals surface area contributed by atoms with Crippen molar-refractivity contribution in [2.45, 2.75) is 38.6 Å². The van der Waals surface area contributed by atoms with Crippen LogP contribution in [0.2, 0.25) is 5.02 Å². The Morgan fingerprint density at radius 1 is 1.28 bits per heavy atom. The number of pyridine rings is 1. The van der Waals surface area contributed by atoms with Crippen molar-refractivity contribution in [1.82, 2.24) is 9.88 Å². The monoisotopic (exact) mass is 267 g/mol. The van der Waals surface area contributed by atoms with E-state index in [4.69, 9.17) is 17.3 Å². The number of nitrogen functional groups attached to an aromatic ring is 1. The van der Waals surface area contributed by atoms with Crippen LogP contribution >= 0.6 is 11.6 Å². The van der Waals surface area contributed by atoms with Crippen molar-refractivity contribution in [3.8, 4) is 0 Å². The number of nitrogens with two attached hydrogens (primary N) is 1. The van der Waals surface area contributed by atoms with Gasteiger partial charge in [-0.3, -0.25) is 4.79 Å². The molecule has 1 aliphatic heterocycles. The summed E-state index contributed by atoms with van der Waals surface area (Å²) in [5.41, 5.74) is 6.34. The number of aromatic nitrogens is 1. The molecule has 0 saturated carbocycles. The number of hydrogen-bond acceptors (Lipinski definition) is 3. The van der Waals surface area contributed by atoms with E-state index in [1.54, 1.807) is 12.1 Å². The SMILES string of the molecule is Nc1ccc(Cl)c(CN2CCCCCCC2=O)n1. The zero-order chi connectivity index (χ0) is 13.0. The predicted molar refractivity (Wildman–Crippen MR) is 72.2 cm³/mol. The molecule has 0 spiro atoms. The molecule has 2 rings (SSSR count). The molecule has 1 aromatic rings. The van der Waals surface area contributed by atoms with Gasteiger partial charge in [-0.2, -0.15) is 0 Å². The highest BCUT2D eigenvalue weighted by Crippen LogP contribution is 2.19. The summed E-state index contributed by atoms with van der Waals surface area (Å²) in [6, 6.07) is 3.40. The molecule has 98 valence electrons. The van der Waals surface area contributed by atoms with Crippen molar-refractivity contribution in [3.05, 3.63) is 22.8 Å². The van der Waals surface area contributed by atoms with Crippen molar-refractivity contribution in [2.24, 2.45) is 0 Å². The van der Waals surface area contributed by atoms with Crippen LogP contribution in [0.4, 0.5) is 5.82 Å². The number of nitrogens with zero attached hydrogens (tertiary/aromatic N) is 2. The Morgan fingerprint density at radius 3 is 2.89 bits per heavy atom. The van der Waals surface area contributed by atoms with E-state index in [1.807, 2.05) is 4.90 Å². The maximum absolute atomic E-state index is 12.0. The van der Waals surface area contributed by atoms with E-state index in [-0.39, 0.29) is 5.91 Å². The Balaban J connectivity index is 2.10. The molecule has 5 heteroatoms. The molecular weight excluding hydrogens is 250 g/mol. The second-order valence-corrected chi connectivity index (χ2v) is 5.05. The van der Waals surface area contributed by atoms with Crippen molar-refractivity contribution in [3.63, 3.8) is 0 Å². The van der Waals surface area contributed by atoms with Crippen molar-refractivity contribution >= 4 is 23.3 Å². The standard InChI is InChI=1S/C13H18ClN3O/c14-10-6-7-12(15)16-11(10)9-17-8-4-2-1-3-5-13(17)18/h6-7H,1-5,8-9H2,(H2,15,16). The Morgan fingerprint density at radius 2 is 2.06 bits per heavy atom. The third kappa shape index (κ3) is 3.35. The Labute approximate surface area is 112 Å². The number of halogens is 1. The fourth-order valence-corrected chi connectivity index (χ4v) is 2.34. The molecule has 1 aromatic heterocycles. The molecule has 0 aromatic carbocycles. The zero-order valence-corrected chi connectivity index (χ0v) is 11.1. The molecule has 0 atom stereocenters. The van der Waals surface area contributed by atoms with Crippen molar-refractivity contribution in [2.75, 3.05) is 12.3 Å². The molecule has 1 amide bonds. The summed E-state index contributed by atoms with van der Waals surface area (Å²) in [6.45, 7) is 1.24. The van der Waals surface area contributed by atoms with E-state index in [9.17, 15) is 4.79 Å². The summed E-state index contributed by atoms with van der Waals surface area (Å²) in [6.07, 6.45) is 4.98. The number of likely N-dealkylation sites (tertiary alicyclic amines) is 1. The summed E-state index contributed by atoms with van der Waals surface area (Å²) >= 11 is 6.08. The average molecular weight is 268 g/mol. The molecule has 0 bridgehead atoms. The van der Waals surface area contributed by atoms with Crippen LogP contribution in [0.3, 0.4) is 0 Å². The molecular formula is C13H18ClN3O. The highest BCUT2D eigenvalue weighted by Gasteiger charge is 2.17. The number of hydrogen-bond donors (Lipinski definition) is 1. The highest BCUT2D eigenvalue weighted by molar-refractivity contribution is 6.31. The second kappa shape index (κ2) is 6.05. The first kappa shape index (κ1) is 13.1. The van der Waals surface area contributed by atoms with E-state index in [1.165, 1.54) is 6.42 Å². The number of carbonyl (C=O) groups is 1. The van der Waals surface area contributed by atoms with Gasteiger partial charge in [0.15, 0.2) is 0 Å². The zero-order valence-electron chi connectivity index (χ0n) is 10.4. The van der Waals surface area contributed by atoms with E-state index >= 15 is 0 Å². The molecule has 0 aliphatic carbocycles. The lowest BCUT2D eigenvalue weighted by Gasteiger charge is -2.24. The minimum atomic E-state index is 0.190. The van der Waals surface area contributed by atoms with Gasteiger partial charge in [0.05, 0.1) is 17.3 Å². The number of anilines is 1. The van der Waals surface area contributed by atoms with Crippen molar-refractivity contribution in [1.29, 1.82) is 0 Å². The van der Waals surface area contributed by atoms with Crippen LogP contribution < -0.4 is 5.73 Å². The van der Waals surface area contributed by atoms with Crippen LogP contribution in [0.5, 0.6) is 0 Å². The summed E-state index contributed by atoms with van der Waals surface area (Å²) in [4.78, 5) is 18.0. The number of amides is 1. The van der Waals surface area contributed by atoms with Crippen LogP contribution in [0.25, 0.3) is 0 Å². The normalized spacial score (nSPS) is 17.4. The lowest BCUT2D eigenvalue weighted by molar-refractivity contribution is -0.132. The topological polar surface area (TPSA) is 59.2 Å². The van der Waals surface area contributed by atoms with Crippen LogP contribution in [0.15, 0.2) is 12.1 Å². The quantitative estimate of drug-likeness (QED) is 0.896. The van der Waals surface area contributed by atoms with Gasteiger partial charge in [0.25, 0.3) is 0 Å². The minimum absolute atomic E-state index is 0.190.